The lowest BCUT2D eigenvalue weighted by atomic mass is 9.99. The number of anilines is 1. The second-order valence-corrected chi connectivity index (χ2v) is 10.1. The van der Waals surface area contributed by atoms with E-state index in [1.54, 1.807) is 39.8 Å². The molecule has 3 unspecified atom stereocenters. The van der Waals surface area contributed by atoms with E-state index in [2.05, 4.69) is 10.6 Å². The monoisotopic (exact) mass is 513 g/mol. The Morgan fingerprint density at radius 1 is 1.03 bits per heavy atom. The number of phenols is 1. The van der Waals surface area contributed by atoms with Crippen LogP contribution in [0.1, 0.15) is 63.8 Å². The van der Waals surface area contributed by atoms with Crippen LogP contribution >= 0.6 is 0 Å². The third-order valence-electron chi connectivity index (χ3n) is 5.96. The first-order chi connectivity index (χ1) is 17.3. The number of carbonyl (C=O) groups is 3. The normalized spacial score (nSPS) is 13.7. The second kappa shape index (κ2) is 12.6. The number of phenolic OH excluding ortho intramolecular Hbond substituents is 1. The van der Waals surface area contributed by atoms with E-state index < -0.39 is 48.2 Å². The van der Waals surface area contributed by atoms with Gasteiger partial charge in [0.1, 0.15) is 23.4 Å². The lowest BCUT2D eigenvalue weighted by Gasteiger charge is -2.38. The molecule has 9 nitrogen and oxygen atoms in total. The summed E-state index contributed by atoms with van der Waals surface area (Å²) in [6.45, 7) is 11.8. The van der Waals surface area contributed by atoms with Gasteiger partial charge in [-0.3, -0.25) is 9.59 Å². The molecule has 0 heterocycles. The number of hydrogen-bond acceptors (Lipinski definition) is 6. The summed E-state index contributed by atoms with van der Waals surface area (Å²) in [5.74, 6) is -1.10. The summed E-state index contributed by atoms with van der Waals surface area (Å²) in [6, 6.07) is 8.78. The van der Waals surface area contributed by atoms with E-state index in [9.17, 15) is 24.6 Å². The molecule has 202 valence electrons. The van der Waals surface area contributed by atoms with E-state index in [0.717, 1.165) is 11.1 Å². The highest BCUT2D eigenvalue weighted by atomic mass is 16.6. The Labute approximate surface area is 218 Å². The third kappa shape index (κ3) is 7.95. The molecule has 2 aromatic carbocycles. The average Bonchev–Trinajstić information content (AvgIpc) is 2.82. The number of hydrogen-bond donors (Lipinski definition) is 4. The number of carbonyl (C=O) groups excluding carboxylic acids is 3. The first-order valence-corrected chi connectivity index (χ1v) is 12.4. The van der Waals surface area contributed by atoms with Gasteiger partial charge in [-0.2, -0.15) is 0 Å². The van der Waals surface area contributed by atoms with E-state index >= 15 is 0 Å². The molecule has 2 aromatic rings. The summed E-state index contributed by atoms with van der Waals surface area (Å²) in [4.78, 5) is 41.4. The van der Waals surface area contributed by atoms with Crippen molar-refractivity contribution in [3.63, 3.8) is 0 Å². The summed E-state index contributed by atoms with van der Waals surface area (Å²) >= 11 is 0. The number of aryl methyl sites for hydroxylation is 2. The fourth-order valence-electron chi connectivity index (χ4n) is 3.91. The molecule has 2 rings (SSSR count). The van der Waals surface area contributed by atoms with Gasteiger partial charge in [-0.25, -0.2) is 4.79 Å². The minimum absolute atomic E-state index is 0.0129. The number of aliphatic hydroxyl groups is 1. The van der Waals surface area contributed by atoms with Crippen LogP contribution in [0.25, 0.3) is 0 Å². The number of amides is 3. The Hall–Kier alpha value is -3.59. The van der Waals surface area contributed by atoms with E-state index in [4.69, 9.17) is 4.74 Å². The number of ether oxygens (including phenoxy) is 1. The third-order valence-corrected chi connectivity index (χ3v) is 5.96. The Morgan fingerprint density at radius 2 is 1.59 bits per heavy atom. The largest absolute Gasteiger partial charge is 0.508 e. The molecule has 0 bridgehead atoms. The van der Waals surface area contributed by atoms with Gasteiger partial charge in [-0.05, 0) is 76.8 Å². The van der Waals surface area contributed by atoms with Crippen LogP contribution in [0.3, 0.4) is 0 Å². The van der Waals surface area contributed by atoms with Crippen molar-refractivity contribution in [2.45, 2.75) is 78.6 Å². The fraction of sp³-hybridized carbons (Fsp3) is 0.464. The highest BCUT2D eigenvalue weighted by Gasteiger charge is 2.38. The molecule has 0 aliphatic carbocycles. The molecule has 37 heavy (non-hydrogen) atoms. The Balaban J connectivity index is 2.54. The fourth-order valence-corrected chi connectivity index (χ4v) is 3.91. The maximum atomic E-state index is 13.8. The minimum atomic E-state index is -1.34. The highest BCUT2D eigenvalue weighted by Crippen LogP contribution is 2.30. The summed E-state index contributed by atoms with van der Waals surface area (Å²) < 4.78 is 5.26. The zero-order chi connectivity index (χ0) is 27.9. The molecule has 0 aliphatic heterocycles. The molecule has 3 amide bonds. The summed E-state index contributed by atoms with van der Waals surface area (Å²) in [6.07, 6.45) is -0.355. The summed E-state index contributed by atoms with van der Waals surface area (Å²) in [7, 11) is 0. The highest BCUT2D eigenvalue weighted by molar-refractivity contribution is 6.00. The van der Waals surface area contributed by atoms with Crippen molar-refractivity contribution in [3.8, 4) is 5.75 Å². The van der Waals surface area contributed by atoms with Crippen LogP contribution in [-0.4, -0.2) is 57.3 Å². The summed E-state index contributed by atoms with van der Waals surface area (Å²) in [5.41, 5.74) is 2.02. The lowest BCUT2D eigenvalue weighted by Crippen LogP contribution is -2.56. The molecule has 0 saturated heterocycles. The number of para-hydroxylation sites is 1. The minimum Gasteiger partial charge on any atom is -0.508 e. The van der Waals surface area contributed by atoms with Crippen molar-refractivity contribution >= 4 is 23.6 Å². The van der Waals surface area contributed by atoms with E-state index in [0.29, 0.717) is 17.7 Å². The van der Waals surface area contributed by atoms with E-state index in [1.807, 2.05) is 39.0 Å². The van der Waals surface area contributed by atoms with Crippen molar-refractivity contribution in [3.05, 3.63) is 59.2 Å². The molecule has 9 heteroatoms. The molecule has 0 aromatic heterocycles. The Kier molecular flexibility index (Phi) is 10.1. The smallest absolute Gasteiger partial charge is 0.408 e. The Bertz CT molecular complexity index is 1070. The van der Waals surface area contributed by atoms with Gasteiger partial charge in [-0.15, -0.1) is 0 Å². The maximum Gasteiger partial charge on any atom is 0.408 e. The predicted molar refractivity (Wildman–Crippen MR) is 142 cm³/mol. The molecule has 4 N–H and O–H groups in total. The number of nitrogens with zero attached hydrogens (tertiary/aromatic N) is 1. The molecule has 3 atom stereocenters. The van der Waals surface area contributed by atoms with Gasteiger partial charge >= 0.3 is 6.09 Å². The molecule has 0 saturated carbocycles. The van der Waals surface area contributed by atoms with Crippen molar-refractivity contribution < 1.29 is 29.3 Å². The van der Waals surface area contributed by atoms with Crippen molar-refractivity contribution in [1.29, 1.82) is 0 Å². The first-order valence-electron chi connectivity index (χ1n) is 12.4. The van der Waals surface area contributed by atoms with E-state index in [1.165, 1.54) is 17.0 Å². The first kappa shape index (κ1) is 29.6. The van der Waals surface area contributed by atoms with Crippen LogP contribution in [0.2, 0.25) is 0 Å². The standard InChI is InChI=1S/C28H39N3O6/c1-8-19(4)31(26(35)22(16-32)29-27(36)37-28(5,6)7)24(20-12-14-21(33)15-13-20)25(34)30-23-17(2)10-9-11-18(23)3/h9-15,19,22,24,32-33H,8,16H2,1-7H3,(H,29,36)(H,30,34). The number of benzene rings is 2. The molecule has 0 spiro atoms. The van der Waals surface area contributed by atoms with Gasteiger partial charge < -0.3 is 30.5 Å². The maximum absolute atomic E-state index is 13.8. The van der Waals surface area contributed by atoms with Crippen LogP contribution in [0.5, 0.6) is 5.75 Å². The van der Waals surface area contributed by atoms with Crippen molar-refractivity contribution in [2.24, 2.45) is 0 Å². The van der Waals surface area contributed by atoms with Gasteiger partial charge in [-0.1, -0.05) is 37.3 Å². The van der Waals surface area contributed by atoms with Crippen LogP contribution in [0.4, 0.5) is 10.5 Å². The summed E-state index contributed by atoms with van der Waals surface area (Å²) in [5, 5.41) is 25.3. The zero-order valence-corrected chi connectivity index (χ0v) is 22.7. The number of aliphatic hydroxyl groups excluding tert-OH is 1. The number of rotatable bonds is 9. The van der Waals surface area contributed by atoms with Gasteiger partial charge in [0.05, 0.1) is 6.61 Å². The van der Waals surface area contributed by atoms with Crippen molar-refractivity contribution in [1.82, 2.24) is 10.2 Å². The van der Waals surface area contributed by atoms with Crippen LogP contribution in [-0.2, 0) is 14.3 Å². The quantitative estimate of drug-likeness (QED) is 0.398. The zero-order valence-electron chi connectivity index (χ0n) is 22.7. The van der Waals surface area contributed by atoms with Gasteiger partial charge in [0.15, 0.2) is 0 Å². The van der Waals surface area contributed by atoms with Crippen LogP contribution < -0.4 is 10.6 Å². The lowest BCUT2D eigenvalue weighted by molar-refractivity contribution is -0.144. The molecular formula is C28H39N3O6. The molecule has 0 radical (unpaired) electrons. The van der Waals surface area contributed by atoms with Crippen molar-refractivity contribution in [2.75, 3.05) is 11.9 Å². The van der Waals surface area contributed by atoms with Crippen LogP contribution in [0.15, 0.2) is 42.5 Å². The van der Waals surface area contributed by atoms with Gasteiger partial charge in [0, 0.05) is 11.7 Å². The van der Waals surface area contributed by atoms with E-state index in [-0.39, 0.29) is 5.75 Å². The second-order valence-electron chi connectivity index (χ2n) is 10.1. The van der Waals surface area contributed by atoms with Crippen LogP contribution in [0, 0.1) is 13.8 Å². The topological polar surface area (TPSA) is 128 Å². The SMILES string of the molecule is CCC(C)N(C(=O)C(CO)NC(=O)OC(C)(C)C)C(C(=O)Nc1c(C)cccc1C)c1ccc(O)cc1. The average molecular weight is 514 g/mol. The number of alkyl carbamates (subject to hydrolysis) is 1. The molecule has 0 fully saturated rings. The number of nitrogens with one attached hydrogen (secondary N) is 2. The van der Waals surface area contributed by atoms with Gasteiger partial charge in [0.2, 0.25) is 5.91 Å². The number of aromatic hydroxyl groups is 1. The molecular weight excluding hydrogens is 474 g/mol. The van der Waals surface area contributed by atoms with Gasteiger partial charge in [0.25, 0.3) is 5.91 Å². The Morgan fingerprint density at radius 3 is 2.08 bits per heavy atom. The molecule has 0 aliphatic rings. The predicted octanol–water partition coefficient (Wildman–Crippen LogP) is 4.20.